The number of hydrogen-bond donors (Lipinski definition) is 1. The van der Waals surface area contributed by atoms with Crippen molar-refractivity contribution in [1.82, 2.24) is 4.90 Å². The topological polar surface area (TPSA) is 55.6 Å². The normalized spacial score (nSPS) is 35.0. The summed E-state index contributed by atoms with van der Waals surface area (Å²) >= 11 is 0. The molecule has 3 rings (SSSR count). The molecule has 0 aromatic heterocycles. The van der Waals surface area contributed by atoms with Crippen LogP contribution in [-0.2, 0) is 9.53 Å². The van der Waals surface area contributed by atoms with Crippen LogP contribution >= 0.6 is 0 Å². The van der Waals surface area contributed by atoms with Crippen LogP contribution in [0.5, 0.6) is 0 Å². The van der Waals surface area contributed by atoms with Crippen LogP contribution in [0.2, 0.25) is 0 Å². The smallest absolute Gasteiger partial charge is 0.227 e. The van der Waals surface area contributed by atoms with Crippen molar-refractivity contribution >= 4 is 5.91 Å². The maximum absolute atomic E-state index is 12.8. The second-order valence-corrected chi connectivity index (χ2v) is 7.61. The number of rotatable bonds is 4. The van der Waals surface area contributed by atoms with Gasteiger partial charge < -0.3 is 15.4 Å². The Morgan fingerprint density at radius 2 is 1.90 bits per heavy atom. The van der Waals surface area contributed by atoms with Gasteiger partial charge in [-0.3, -0.25) is 4.79 Å². The van der Waals surface area contributed by atoms with Crippen LogP contribution < -0.4 is 5.73 Å². The predicted molar refractivity (Wildman–Crippen MR) is 82.8 cm³/mol. The van der Waals surface area contributed by atoms with E-state index < -0.39 is 0 Å². The summed E-state index contributed by atoms with van der Waals surface area (Å²) in [5, 5.41) is 0. The van der Waals surface area contributed by atoms with Gasteiger partial charge in [0.05, 0.1) is 12.0 Å². The van der Waals surface area contributed by atoms with Crippen molar-refractivity contribution in [2.75, 3.05) is 19.7 Å². The SMILES string of the molecule is CC1(N)CCCCC1C(=O)N1CCC(OCC2CC2)CC1. The molecule has 120 valence electrons. The molecule has 3 aliphatic rings. The largest absolute Gasteiger partial charge is 0.378 e. The molecule has 0 aromatic rings. The first-order valence-electron chi connectivity index (χ1n) is 8.75. The number of amides is 1. The van der Waals surface area contributed by atoms with Crippen molar-refractivity contribution in [3.63, 3.8) is 0 Å². The standard InChI is InChI=1S/C17H30N2O2/c1-17(18)9-3-2-4-15(17)16(20)19-10-7-14(8-11-19)21-12-13-5-6-13/h13-15H,2-12,18H2,1H3. The lowest BCUT2D eigenvalue weighted by Gasteiger charge is -2.41. The van der Waals surface area contributed by atoms with Crippen LogP contribution in [0.1, 0.15) is 58.3 Å². The first-order chi connectivity index (χ1) is 10.1. The Kier molecular flexibility index (Phi) is 4.55. The molecule has 1 heterocycles. The summed E-state index contributed by atoms with van der Waals surface area (Å²) in [6, 6.07) is 0. The Morgan fingerprint density at radius 3 is 2.52 bits per heavy atom. The van der Waals surface area contributed by atoms with E-state index in [1.807, 2.05) is 4.90 Å². The van der Waals surface area contributed by atoms with Gasteiger partial charge in [0.1, 0.15) is 0 Å². The zero-order valence-corrected chi connectivity index (χ0v) is 13.4. The van der Waals surface area contributed by atoms with Gasteiger partial charge in [-0.1, -0.05) is 12.8 Å². The van der Waals surface area contributed by atoms with Gasteiger partial charge in [-0.2, -0.15) is 0 Å². The molecule has 0 spiro atoms. The number of ether oxygens (including phenoxy) is 1. The molecular formula is C17H30N2O2. The van der Waals surface area contributed by atoms with Crippen LogP contribution in [0.4, 0.5) is 0 Å². The third-order valence-electron chi connectivity index (χ3n) is 5.57. The summed E-state index contributed by atoms with van der Waals surface area (Å²) in [7, 11) is 0. The second-order valence-electron chi connectivity index (χ2n) is 7.61. The van der Waals surface area contributed by atoms with Gasteiger partial charge in [-0.05, 0) is 51.4 Å². The monoisotopic (exact) mass is 294 g/mol. The number of piperidine rings is 1. The summed E-state index contributed by atoms with van der Waals surface area (Å²) < 4.78 is 5.96. The molecule has 1 saturated heterocycles. The average Bonchev–Trinajstić information content (AvgIpc) is 3.29. The maximum Gasteiger partial charge on any atom is 0.227 e. The van der Waals surface area contributed by atoms with E-state index in [1.54, 1.807) is 0 Å². The van der Waals surface area contributed by atoms with Crippen molar-refractivity contribution in [3.05, 3.63) is 0 Å². The zero-order chi connectivity index (χ0) is 14.9. The number of carbonyl (C=O) groups is 1. The minimum atomic E-state index is -0.311. The fraction of sp³-hybridized carbons (Fsp3) is 0.941. The average molecular weight is 294 g/mol. The molecule has 2 unspecified atom stereocenters. The van der Waals surface area contributed by atoms with E-state index in [-0.39, 0.29) is 11.5 Å². The van der Waals surface area contributed by atoms with Gasteiger partial charge in [0, 0.05) is 25.2 Å². The lowest BCUT2D eigenvalue weighted by atomic mass is 9.74. The van der Waals surface area contributed by atoms with Crippen molar-refractivity contribution in [2.45, 2.75) is 69.9 Å². The van der Waals surface area contributed by atoms with Gasteiger partial charge in [-0.15, -0.1) is 0 Å². The summed E-state index contributed by atoms with van der Waals surface area (Å²) in [5.41, 5.74) is 6.06. The number of hydrogen-bond acceptors (Lipinski definition) is 3. The van der Waals surface area contributed by atoms with E-state index in [1.165, 1.54) is 12.8 Å². The van der Waals surface area contributed by atoms with Gasteiger partial charge in [0.15, 0.2) is 0 Å². The summed E-state index contributed by atoms with van der Waals surface area (Å²) in [6.07, 6.45) is 9.28. The molecule has 3 fully saturated rings. The number of nitrogens with zero attached hydrogens (tertiary/aromatic N) is 1. The van der Waals surface area contributed by atoms with Crippen LogP contribution in [-0.4, -0.2) is 42.1 Å². The molecule has 0 radical (unpaired) electrons. The highest BCUT2D eigenvalue weighted by molar-refractivity contribution is 5.80. The molecule has 1 amide bonds. The highest BCUT2D eigenvalue weighted by Gasteiger charge is 2.40. The van der Waals surface area contributed by atoms with Crippen LogP contribution in [0.15, 0.2) is 0 Å². The van der Waals surface area contributed by atoms with Crippen molar-refractivity contribution < 1.29 is 9.53 Å². The molecular weight excluding hydrogens is 264 g/mol. The summed E-state index contributed by atoms with van der Waals surface area (Å²) in [4.78, 5) is 14.8. The molecule has 2 saturated carbocycles. The van der Waals surface area contributed by atoms with E-state index in [0.29, 0.717) is 12.0 Å². The Balaban J connectivity index is 1.47. The third kappa shape index (κ3) is 3.78. The summed E-state index contributed by atoms with van der Waals surface area (Å²) in [6.45, 7) is 4.68. The highest BCUT2D eigenvalue weighted by atomic mass is 16.5. The maximum atomic E-state index is 12.8. The number of carbonyl (C=O) groups excluding carboxylic acids is 1. The fourth-order valence-electron chi connectivity index (χ4n) is 3.78. The molecule has 1 aliphatic heterocycles. The molecule has 4 heteroatoms. The summed E-state index contributed by atoms with van der Waals surface area (Å²) in [5.74, 6) is 1.14. The number of nitrogens with two attached hydrogens (primary N) is 1. The van der Waals surface area contributed by atoms with Gasteiger partial charge in [0.2, 0.25) is 5.91 Å². The van der Waals surface area contributed by atoms with E-state index >= 15 is 0 Å². The first kappa shape index (κ1) is 15.3. The van der Waals surface area contributed by atoms with Gasteiger partial charge >= 0.3 is 0 Å². The Hall–Kier alpha value is -0.610. The minimum Gasteiger partial charge on any atom is -0.378 e. The molecule has 0 aromatic carbocycles. The fourth-order valence-corrected chi connectivity index (χ4v) is 3.78. The van der Waals surface area contributed by atoms with Crippen molar-refractivity contribution in [1.29, 1.82) is 0 Å². The quantitative estimate of drug-likeness (QED) is 0.865. The van der Waals surface area contributed by atoms with Crippen LogP contribution in [0.25, 0.3) is 0 Å². The Labute approximate surface area is 128 Å². The molecule has 21 heavy (non-hydrogen) atoms. The number of likely N-dealkylation sites (tertiary alicyclic amines) is 1. The van der Waals surface area contributed by atoms with Crippen LogP contribution in [0.3, 0.4) is 0 Å². The van der Waals surface area contributed by atoms with E-state index in [9.17, 15) is 4.79 Å². The zero-order valence-electron chi connectivity index (χ0n) is 13.4. The Bertz CT molecular complexity index is 371. The second kappa shape index (κ2) is 6.25. The molecule has 2 atom stereocenters. The van der Waals surface area contributed by atoms with E-state index in [2.05, 4.69) is 6.92 Å². The van der Waals surface area contributed by atoms with Gasteiger partial charge in [-0.25, -0.2) is 0 Å². The molecule has 2 aliphatic carbocycles. The first-order valence-corrected chi connectivity index (χ1v) is 8.75. The third-order valence-corrected chi connectivity index (χ3v) is 5.57. The lowest BCUT2D eigenvalue weighted by Crippen LogP contribution is -2.55. The molecule has 2 N–H and O–H groups in total. The van der Waals surface area contributed by atoms with E-state index in [4.69, 9.17) is 10.5 Å². The highest BCUT2D eigenvalue weighted by Crippen LogP contribution is 2.34. The lowest BCUT2D eigenvalue weighted by molar-refractivity contribution is -0.141. The van der Waals surface area contributed by atoms with Gasteiger partial charge in [0.25, 0.3) is 0 Å². The molecule has 0 bridgehead atoms. The molecule has 4 nitrogen and oxygen atoms in total. The predicted octanol–water partition coefficient (Wildman–Crippen LogP) is 2.31. The van der Waals surface area contributed by atoms with E-state index in [0.717, 1.165) is 64.1 Å². The Morgan fingerprint density at radius 1 is 1.19 bits per heavy atom. The van der Waals surface area contributed by atoms with Crippen molar-refractivity contribution in [2.24, 2.45) is 17.6 Å². The van der Waals surface area contributed by atoms with Crippen molar-refractivity contribution in [3.8, 4) is 0 Å². The van der Waals surface area contributed by atoms with Crippen LogP contribution in [0, 0.1) is 11.8 Å². The minimum absolute atomic E-state index is 0.0233.